The molecular formula is C13H12BrN3. The van der Waals surface area contributed by atoms with Crippen molar-refractivity contribution >= 4 is 21.6 Å². The van der Waals surface area contributed by atoms with Gasteiger partial charge in [0.2, 0.25) is 0 Å². The molecule has 17 heavy (non-hydrogen) atoms. The lowest BCUT2D eigenvalue weighted by atomic mass is 10.3. The fourth-order valence-corrected chi connectivity index (χ4v) is 2.84. The van der Waals surface area contributed by atoms with Gasteiger partial charge in [0.15, 0.2) is 0 Å². The monoisotopic (exact) mass is 289 g/mol. The van der Waals surface area contributed by atoms with Crippen molar-refractivity contribution in [2.45, 2.75) is 6.92 Å². The molecule has 0 aromatic carbocycles. The third-order valence-corrected chi connectivity index (χ3v) is 3.70. The molecule has 0 amide bonds. The molecule has 3 heterocycles. The normalized spacial score (nSPS) is 11.2. The van der Waals surface area contributed by atoms with E-state index in [1.165, 1.54) is 5.69 Å². The molecule has 0 radical (unpaired) electrons. The number of aryl methyl sites for hydroxylation is 2. The highest BCUT2D eigenvalue weighted by atomic mass is 79.9. The van der Waals surface area contributed by atoms with Crippen LogP contribution in [0.4, 0.5) is 0 Å². The van der Waals surface area contributed by atoms with E-state index in [0.717, 1.165) is 21.6 Å². The minimum atomic E-state index is 0.966. The maximum atomic E-state index is 4.67. The predicted octanol–water partition coefficient (Wildman–Crippen LogP) is 3.41. The zero-order valence-corrected chi connectivity index (χ0v) is 11.3. The number of imidazole rings is 1. The van der Waals surface area contributed by atoms with Crippen LogP contribution < -0.4 is 0 Å². The van der Waals surface area contributed by atoms with Crippen LogP contribution in [0.2, 0.25) is 0 Å². The highest BCUT2D eigenvalue weighted by Crippen LogP contribution is 2.29. The van der Waals surface area contributed by atoms with Crippen LogP contribution in [0.25, 0.3) is 17.0 Å². The Hall–Kier alpha value is -1.55. The molecule has 0 fully saturated rings. The smallest absolute Gasteiger partial charge is 0.138 e. The quantitative estimate of drug-likeness (QED) is 0.673. The van der Waals surface area contributed by atoms with Gasteiger partial charge in [-0.25, -0.2) is 4.98 Å². The van der Waals surface area contributed by atoms with Crippen molar-refractivity contribution in [3.63, 3.8) is 0 Å². The van der Waals surface area contributed by atoms with Crippen molar-refractivity contribution in [3.05, 3.63) is 46.8 Å². The third kappa shape index (κ3) is 1.52. The number of hydrogen-bond acceptors (Lipinski definition) is 1. The first-order valence-corrected chi connectivity index (χ1v) is 6.23. The predicted molar refractivity (Wildman–Crippen MR) is 72.0 cm³/mol. The first-order chi connectivity index (χ1) is 8.18. The summed E-state index contributed by atoms with van der Waals surface area (Å²) in [5, 5.41) is 0. The average molecular weight is 290 g/mol. The van der Waals surface area contributed by atoms with Crippen molar-refractivity contribution < 1.29 is 0 Å². The summed E-state index contributed by atoms with van der Waals surface area (Å²) in [7, 11) is 2.03. The topological polar surface area (TPSA) is 22.2 Å². The Balaban J connectivity index is 2.36. The number of nitrogens with zero attached hydrogens (tertiary/aromatic N) is 3. The Bertz CT molecular complexity index is 694. The minimum absolute atomic E-state index is 0.966. The molecule has 3 aromatic rings. The SMILES string of the molecule is Cc1cccc2nc(-c3cccn3C)c(Br)n12. The van der Waals surface area contributed by atoms with E-state index in [0.29, 0.717) is 0 Å². The Kier molecular flexibility index (Phi) is 2.33. The first kappa shape index (κ1) is 10.6. The van der Waals surface area contributed by atoms with Gasteiger partial charge in [-0.05, 0) is 47.1 Å². The summed E-state index contributed by atoms with van der Waals surface area (Å²) >= 11 is 3.65. The maximum absolute atomic E-state index is 4.67. The molecule has 0 aliphatic rings. The van der Waals surface area contributed by atoms with E-state index < -0.39 is 0 Å². The number of hydrogen-bond donors (Lipinski definition) is 0. The second-order valence-electron chi connectivity index (χ2n) is 4.12. The van der Waals surface area contributed by atoms with Crippen LogP contribution >= 0.6 is 15.9 Å². The van der Waals surface area contributed by atoms with E-state index >= 15 is 0 Å². The number of aromatic nitrogens is 3. The van der Waals surface area contributed by atoms with Gasteiger partial charge in [0.25, 0.3) is 0 Å². The second kappa shape index (κ2) is 3.74. The molecule has 0 N–H and O–H groups in total. The molecule has 0 aliphatic heterocycles. The van der Waals surface area contributed by atoms with Crippen LogP contribution in [0.1, 0.15) is 5.69 Å². The second-order valence-corrected chi connectivity index (χ2v) is 4.87. The van der Waals surface area contributed by atoms with E-state index in [1.807, 2.05) is 31.4 Å². The van der Waals surface area contributed by atoms with Gasteiger partial charge in [-0.15, -0.1) is 0 Å². The summed E-state index contributed by atoms with van der Waals surface area (Å²) in [5.41, 5.74) is 4.22. The van der Waals surface area contributed by atoms with Crippen LogP contribution in [0.15, 0.2) is 41.1 Å². The van der Waals surface area contributed by atoms with Crippen LogP contribution in [0.3, 0.4) is 0 Å². The van der Waals surface area contributed by atoms with Gasteiger partial charge in [0, 0.05) is 18.9 Å². The van der Waals surface area contributed by atoms with Gasteiger partial charge in [0.1, 0.15) is 15.9 Å². The van der Waals surface area contributed by atoms with E-state index in [2.05, 4.69) is 48.9 Å². The molecule has 3 nitrogen and oxygen atoms in total. The van der Waals surface area contributed by atoms with Gasteiger partial charge >= 0.3 is 0 Å². The van der Waals surface area contributed by atoms with Crippen LogP contribution in [-0.2, 0) is 7.05 Å². The fraction of sp³-hybridized carbons (Fsp3) is 0.154. The fourth-order valence-electron chi connectivity index (χ4n) is 2.08. The zero-order valence-electron chi connectivity index (χ0n) is 9.68. The van der Waals surface area contributed by atoms with E-state index in [-0.39, 0.29) is 0 Å². The Labute approximate surface area is 108 Å². The molecule has 0 saturated heterocycles. The maximum Gasteiger partial charge on any atom is 0.138 e. The lowest BCUT2D eigenvalue weighted by Gasteiger charge is -2.01. The summed E-state index contributed by atoms with van der Waals surface area (Å²) in [4.78, 5) is 4.67. The Morgan fingerprint density at radius 3 is 2.65 bits per heavy atom. The van der Waals surface area contributed by atoms with Crippen molar-refractivity contribution in [1.29, 1.82) is 0 Å². The molecule has 0 aliphatic carbocycles. The molecule has 0 saturated carbocycles. The lowest BCUT2D eigenvalue weighted by molar-refractivity contribution is 0.931. The number of pyridine rings is 1. The molecule has 0 bridgehead atoms. The Morgan fingerprint density at radius 1 is 1.18 bits per heavy atom. The van der Waals surface area contributed by atoms with Crippen molar-refractivity contribution in [2.24, 2.45) is 7.05 Å². The van der Waals surface area contributed by atoms with Gasteiger partial charge in [-0.1, -0.05) is 6.07 Å². The molecule has 4 heteroatoms. The van der Waals surface area contributed by atoms with Crippen molar-refractivity contribution in [1.82, 2.24) is 14.0 Å². The van der Waals surface area contributed by atoms with Gasteiger partial charge < -0.3 is 4.57 Å². The molecular weight excluding hydrogens is 278 g/mol. The molecule has 86 valence electrons. The summed E-state index contributed by atoms with van der Waals surface area (Å²) in [6.45, 7) is 2.08. The largest absolute Gasteiger partial charge is 0.349 e. The Morgan fingerprint density at radius 2 is 2.00 bits per heavy atom. The standard InChI is InChI=1S/C13H12BrN3/c1-9-5-3-7-11-15-12(13(14)17(9)11)10-6-4-8-16(10)2/h3-8H,1-2H3. The van der Waals surface area contributed by atoms with E-state index in [1.54, 1.807) is 0 Å². The van der Waals surface area contributed by atoms with Crippen LogP contribution in [-0.4, -0.2) is 14.0 Å². The first-order valence-electron chi connectivity index (χ1n) is 5.44. The van der Waals surface area contributed by atoms with Crippen LogP contribution in [0, 0.1) is 6.92 Å². The lowest BCUT2D eigenvalue weighted by Crippen LogP contribution is -1.91. The van der Waals surface area contributed by atoms with Crippen molar-refractivity contribution in [3.8, 4) is 11.4 Å². The highest BCUT2D eigenvalue weighted by molar-refractivity contribution is 9.10. The summed E-state index contributed by atoms with van der Waals surface area (Å²) < 4.78 is 5.19. The van der Waals surface area contributed by atoms with Gasteiger partial charge in [-0.2, -0.15) is 0 Å². The third-order valence-electron chi connectivity index (χ3n) is 2.97. The molecule has 0 spiro atoms. The molecule has 3 aromatic heterocycles. The van der Waals surface area contributed by atoms with Gasteiger partial charge in [0.05, 0.1) is 5.69 Å². The van der Waals surface area contributed by atoms with E-state index in [9.17, 15) is 0 Å². The van der Waals surface area contributed by atoms with E-state index in [4.69, 9.17) is 0 Å². The number of halogens is 1. The van der Waals surface area contributed by atoms with Crippen molar-refractivity contribution in [2.75, 3.05) is 0 Å². The summed E-state index contributed by atoms with van der Waals surface area (Å²) in [6.07, 6.45) is 2.03. The molecule has 3 rings (SSSR count). The summed E-state index contributed by atoms with van der Waals surface area (Å²) in [5.74, 6) is 0. The zero-order chi connectivity index (χ0) is 12.0. The highest BCUT2D eigenvalue weighted by Gasteiger charge is 2.14. The minimum Gasteiger partial charge on any atom is -0.349 e. The molecule has 0 unspecified atom stereocenters. The van der Waals surface area contributed by atoms with Gasteiger partial charge in [-0.3, -0.25) is 4.40 Å². The summed E-state index contributed by atoms with van der Waals surface area (Å²) in [6, 6.07) is 10.2. The number of fused-ring (bicyclic) bond motifs is 1. The molecule has 0 atom stereocenters. The average Bonchev–Trinajstić information content (AvgIpc) is 2.84. The number of rotatable bonds is 1. The van der Waals surface area contributed by atoms with Crippen LogP contribution in [0.5, 0.6) is 0 Å².